The van der Waals surface area contributed by atoms with Crippen molar-refractivity contribution >= 4 is 17.6 Å². The first kappa shape index (κ1) is 14.2. The zero-order chi connectivity index (χ0) is 13.7. The van der Waals surface area contributed by atoms with Gasteiger partial charge in [-0.2, -0.15) is 0 Å². The van der Waals surface area contributed by atoms with Crippen molar-refractivity contribution in [2.75, 3.05) is 26.8 Å². The van der Waals surface area contributed by atoms with E-state index in [-0.39, 0.29) is 17.8 Å². The summed E-state index contributed by atoms with van der Waals surface area (Å²) in [6.45, 7) is 2.09. The summed E-state index contributed by atoms with van der Waals surface area (Å²) in [5, 5.41) is 3.87. The Balaban J connectivity index is 1.97. The fourth-order valence-corrected chi connectivity index (χ4v) is 2.49. The maximum Gasteiger partial charge on any atom is 0.312 e. The second-order valence-electron chi connectivity index (χ2n) is 4.65. The van der Waals surface area contributed by atoms with Crippen molar-refractivity contribution in [2.24, 2.45) is 11.8 Å². The third-order valence-electron chi connectivity index (χ3n) is 3.40. The van der Waals surface area contributed by atoms with E-state index in [1.165, 1.54) is 7.11 Å². The molecule has 0 aliphatic carbocycles. The Labute approximate surface area is 118 Å². The van der Waals surface area contributed by atoms with Gasteiger partial charge < -0.3 is 14.8 Å². The van der Waals surface area contributed by atoms with Gasteiger partial charge in [0.05, 0.1) is 13.0 Å². The predicted octanol–water partition coefficient (Wildman–Crippen LogP) is 2.12. The number of methoxy groups -OCH3 is 1. The van der Waals surface area contributed by atoms with Crippen molar-refractivity contribution in [3.63, 3.8) is 0 Å². The lowest BCUT2D eigenvalue weighted by Crippen LogP contribution is -2.31. The summed E-state index contributed by atoms with van der Waals surface area (Å²) >= 11 is 5.90. The molecular weight excluding hydrogens is 266 g/mol. The van der Waals surface area contributed by atoms with E-state index in [4.69, 9.17) is 21.1 Å². The lowest BCUT2D eigenvalue weighted by Gasteiger charge is -2.20. The van der Waals surface area contributed by atoms with Crippen molar-refractivity contribution in [3.8, 4) is 5.75 Å². The lowest BCUT2D eigenvalue weighted by atomic mass is 9.92. The summed E-state index contributed by atoms with van der Waals surface area (Å²) in [5.41, 5.74) is 0. The molecule has 1 aromatic rings. The molecule has 1 aliphatic heterocycles. The van der Waals surface area contributed by atoms with Gasteiger partial charge >= 0.3 is 5.97 Å². The van der Waals surface area contributed by atoms with Crippen molar-refractivity contribution in [3.05, 3.63) is 29.3 Å². The van der Waals surface area contributed by atoms with Gasteiger partial charge in [0.2, 0.25) is 0 Å². The Bertz CT molecular complexity index is 432. The summed E-state index contributed by atoms with van der Waals surface area (Å²) in [4.78, 5) is 11.8. The number of nitrogens with one attached hydrogen (secondary N) is 1. The van der Waals surface area contributed by atoms with E-state index in [1.807, 2.05) is 12.1 Å². The molecule has 0 saturated carbocycles. The van der Waals surface area contributed by atoms with Crippen LogP contribution in [0.5, 0.6) is 5.75 Å². The molecule has 5 heteroatoms. The maximum atomic E-state index is 11.8. The minimum absolute atomic E-state index is 0.212. The number of rotatable bonds is 5. The summed E-state index contributed by atoms with van der Waals surface area (Å²) < 4.78 is 10.5. The number of hydrogen-bond acceptors (Lipinski definition) is 4. The highest BCUT2D eigenvalue weighted by molar-refractivity contribution is 6.30. The fraction of sp³-hybridized carbons (Fsp3) is 0.500. The van der Waals surface area contributed by atoms with Crippen LogP contribution in [0.1, 0.15) is 6.42 Å². The number of carbonyl (C=O) groups is 1. The first-order valence-electron chi connectivity index (χ1n) is 6.37. The SMILES string of the molecule is COC(=O)C(COc1cccc(Cl)c1)C1CCNC1. The van der Waals surface area contributed by atoms with Gasteiger partial charge in [-0.1, -0.05) is 17.7 Å². The van der Waals surface area contributed by atoms with Crippen LogP contribution in [0.2, 0.25) is 5.02 Å². The van der Waals surface area contributed by atoms with E-state index in [1.54, 1.807) is 12.1 Å². The maximum absolute atomic E-state index is 11.8. The molecule has 0 aromatic heterocycles. The molecule has 19 heavy (non-hydrogen) atoms. The normalized spacial score (nSPS) is 20.0. The quantitative estimate of drug-likeness (QED) is 0.841. The lowest BCUT2D eigenvalue weighted by molar-refractivity contribution is -0.148. The van der Waals surface area contributed by atoms with Crippen LogP contribution in [0.3, 0.4) is 0 Å². The van der Waals surface area contributed by atoms with Gasteiger partial charge in [-0.15, -0.1) is 0 Å². The minimum atomic E-state index is -0.237. The summed E-state index contributed by atoms with van der Waals surface area (Å²) in [6.07, 6.45) is 0.971. The van der Waals surface area contributed by atoms with Crippen LogP contribution >= 0.6 is 11.6 Å². The molecular formula is C14H18ClNO3. The zero-order valence-corrected chi connectivity index (χ0v) is 11.7. The summed E-state index contributed by atoms with van der Waals surface area (Å²) in [6, 6.07) is 7.17. The highest BCUT2D eigenvalue weighted by atomic mass is 35.5. The van der Waals surface area contributed by atoms with Gasteiger partial charge in [-0.3, -0.25) is 4.79 Å². The second-order valence-corrected chi connectivity index (χ2v) is 5.09. The Morgan fingerprint density at radius 1 is 1.58 bits per heavy atom. The molecule has 0 radical (unpaired) electrons. The van der Waals surface area contributed by atoms with Crippen LogP contribution in [-0.2, 0) is 9.53 Å². The van der Waals surface area contributed by atoms with Gasteiger partial charge in [0.25, 0.3) is 0 Å². The number of benzene rings is 1. The van der Waals surface area contributed by atoms with E-state index in [0.717, 1.165) is 19.5 Å². The molecule has 2 atom stereocenters. The number of carbonyl (C=O) groups excluding carboxylic acids is 1. The van der Waals surface area contributed by atoms with Gasteiger partial charge in [-0.05, 0) is 43.6 Å². The molecule has 1 aliphatic rings. The molecule has 104 valence electrons. The molecule has 2 rings (SSSR count). The molecule has 1 heterocycles. The highest BCUT2D eigenvalue weighted by Crippen LogP contribution is 2.23. The molecule has 4 nitrogen and oxygen atoms in total. The van der Waals surface area contributed by atoms with E-state index in [0.29, 0.717) is 17.4 Å². The summed E-state index contributed by atoms with van der Waals surface area (Å²) in [5.74, 6) is 0.494. The Morgan fingerprint density at radius 2 is 2.42 bits per heavy atom. The van der Waals surface area contributed by atoms with E-state index < -0.39 is 0 Å². The van der Waals surface area contributed by atoms with E-state index >= 15 is 0 Å². The minimum Gasteiger partial charge on any atom is -0.493 e. The average molecular weight is 284 g/mol. The average Bonchev–Trinajstić information content (AvgIpc) is 2.92. The molecule has 0 bridgehead atoms. The molecule has 2 unspecified atom stereocenters. The van der Waals surface area contributed by atoms with Crippen molar-refractivity contribution in [2.45, 2.75) is 6.42 Å². The molecule has 0 amide bonds. The number of esters is 1. The standard InChI is InChI=1S/C14H18ClNO3/c1-18-14(17)13(10-5-6-16-8-10)9-19-12-4-2-3-11(15)7-12/h2-4,7,10,13,16H,5-6,8-9H2,1H3. The first-order chi connectivity index (χ1) is 9.20. The molecule has 1 saturated heterocycles. The van der Waals surface area contributed by atoms with Crippen LogP contribution in [-0.4, -0.2) is 32.8 Å². The monoisotopic (exact) mass is 283 g/mol. The molecule has 0 spiro atoms. The van der Waals surface area contributed by atoms with Crippen LogP contribution in [0.4, 0.5) is 0 Å². The van der Waals surface area contributed by atoms with Crippen LogP contribution < -0.4 is 10.1 Å². The van der Waals surface area contributed by atoms with Crippen LogP contribution in [0, 0.1) is 11.8 Å². The zero-order valence-electron chi connectivity index (χ0n) is 10.9. The third-order valence-corrected chi connectivity index (χ3v) is 3.63. The smallest absolute Gasteiger partial charge is 0.312 e. The molecule has 1 N–H and O–H groups in total. The van der Waals surface area contributed by atoms with Gasteiger partial charge in [0, 0.05) is 5.02 Å². The Morgan fingerprint density at radius 3 is 3.05 bits per heavy atom. The first-order valence-corrected chi connectivity index (χ1v) is 6.75. The largest absolute Gasteiger partial charge is 0.493 e. The second kappa shape index (κ2) is 6.78. The third kappa shape index (κ3) is 3.85. The topological polar surface area (TPSA) is 47.6 Å². The van der Waals surface area contributed by atoms with Crippen molar-refractivity contribution in [1.29, 1.82) is 0 Å². The number of ether oxygens (including phenoxy) is 2. The van der Waals surface area contributed by atoms with Crippen LogP contribution in [0.15, 0.2) is 24.3 Å². The van der Waals surface area contributed by atoms with Gasteiger partial charge in [0.15, 0.2) is 0 Å². The number of hydrogen-bond donors (Lipinski definition) is 1. The predicted molar refractivity (Wildman–Crippen MR) is 73.4 cm³/mol. The fourth-order valence-electron chi connectivity index (χ4n) is 2.31. The Kier molecular flexibility index (Phi) is 5.05. The molecule has 1 fully saturated rings. The van der Waals surface area contributed by atoms with Crippen LogP contribution in [0.25, 0.3) is 0 Å². The van der Waals surface area contributed by atoms with Crippen molar-refractivity contribution < 1.29 is 14.3 Å². The van der Waals surface area contributed by atoms with E-state index in [2.05, 4.69) is 5.32 Å². The summed E-state index contributed by atoms with van der Waals surface area (Å²) in [7, 11) is 1.41. The van der Waals surface area contributed by atoms with Gasteiger partial charge in [-0.25, -0.2) is 0 Å². The molecule has 1 aromatic carbocycles. The van der Waals surface area contributed by atoms with Crippen molar-refractivity contribution in [1.82, 2.24) is 5.32 Å². The highest BCUT2D eigenvalue weighted by Gasteiger charge is 2.32. The number of halogens is 1. The van der Waals surface area contributed by atoms with E-state index in [9.17, 15) is 4.79 Å². The van der Waals surface area contributed by atoms with Gasteiger partial charge in [0.1, 0.15) is 12.4 Å². The Hall–Kier alpha value is -1.26.